The molecule has 0 saturated carbocycles. The van der Waals surface area contributed by atoms with E-state index in [9.17, 15) is 0 Å². The van der Waals surface area contributed by atoms with Crippen molar-refractivity contribution in [2.24, 2.45) is 0 Å². The van der Waals surface area contributed by atoms with Gasteiger partial charge >= 0.3 is 0 Å². The highest BCUT2D eigenvalue weighted by atomic mass is 16.5. The van der Waals surface area contributed by atoms with Crippen molar-refractivity contribution < 1.29 is 4.74 Å². The van der Waals surface area contributed by atoms with Crippen molar-refractivity contribution in [1.82, 2.24) is 19.5 Å². The lowest BCUT2D eigenvalue weighted by atomic mass is 10.4. The number of pyridine rings is 1. The summed E-state index contributed by atoms with van der Waals surface area (Å²) >= 11 is 0. The van der Waals surface area contributed by atoms with E-state index in [1.807, 2.05) is 32.4 Å². The molecule has 0 bridgehead atoms. The number of fused-ring (bicyclic) bond motifs is 1. The summed E-state index contributed by atoms with van der Waals surface area (Å²) in [6, 6.07) is 3.79. The van der Waals surface area contributed by atoms with Crippen molar-refractivity contribution in [2.45, 2.75) is 6.42 Å². The maximum atomic E-state index is 5.23. The van der Waals surface area contributed by atoms with Gasteiger partial charge in [0.1, 0.15) is 0 Å². The Labute approximate surface area is 94.7 Å². The number of hydrogen-bond donors (Lipinski definition) is 0. The molecule has 5 heteroatoms. The Morgan fingerprint density at radius 2 is 2.25 bits per heavy atom. The van der Waals surface area contributed by atoms with Gasteiger partial charge in [0, 0.05) is 19.2 Å². The van der Waals surface area contributed by atoms with Crippen LogP contribution in [0.4, 0.5) is 0 Å². The number of hydrogen-bond acceptors (Lipinski definition) is 4. The molecule has 0 unspecified atom stereocenters. The molecule has 0 amide bonds. The van der Waals surface area contributed by atoms with Crippen LogP contribution in [0.2, 0.25) is 0 Å². The molecule has 16 heavy (non-hydrogen) atoms. The van der Waals surface area contributed by atoms with Crippen molar-refractivity contribution in [3.05, 3.63) is 24.2 Å². The van der Waals surface area contributed by atoms with E-state index in [1.165, 1.54) is 0 Å². The largest absolute Gasteiger partial charge is 0.493 e. The van der Waals surface area contributed by atoms with Crippen molar-refractivity contribution >= 4 is 5.65 Å². The molecule has 0 aromatic carbocycles. The average Bonchev–Trinajstić information content (AvgIpc) is 2.68. The Morgan fingerprint density at radius 3 is 2.94 bits per heavy atom. The molecule has 0 aliphatic heterocycles. The second-order valence-corrected chi connectivity index (χ2v) is 3.93. The third kappa shape index (κ3) is 2.14. The maximum absolute atomic E-state index is 5.23. The zero-order valence-corrected chi connectivity index (χ0v) is 9.84. The summed E-state index contributed by atoms with van der Waals surface area (Å²) in [6.45, 7) is 0.944. The minimum absolute atomic E-state index is 0.756. The third-order valence-electron chi connectivity index (χ3n) is 2.37. The predicted octanol–water partition coefficient (Wildman–Crippen LogP) is 0.842. The standard InChI is InChI=1S/C11H16N4O/c1-14(2)8-6-10-12-11-9(16-3)5-4-7-15(11)13-10/h4-5,7H,6,8H2,1-3H3. The highest BCUT2D eigenvalue weighted by Crippen LogP contribution is 2.16. The molecule has 0 saturated heterocycles. The summed E-state index contributed by atoms with van der Waals surface area (Å²) in [5, 5.41) is 4.39. The molecule has 0 spiro atoms. The smallest absolute Gasteiger partial charge is 0.198 e. The van der Waals surface area contributed by atoms with E-state index in [-0.39, 0.29) is 0 Å². The van der Waals surface area contributed by atoms with E-state index in [0.29, 0.717) is 0 Å². The van der Waals surface area contributed by atoms with Crippen molar-refractivity contribution in [3.8, 4) is 5.75 Å². The minimum atomic E-state index is 0.756. The topological polar surface area (TPSA) is 42.7 Å². The zero-order chi connectivity index (χ0) is 11.5. The number of methoxy groups -OCH3 is 1. The van der Waals surface area contributed by atoms with Gasteiger partial charge in [0.05, 0.1) is 7.11 Å². The summed E-state index contributed by atoms with van der Waals surface area (Å²) in [5.41, 5.74) is 0.777. The summed E-state index contributed by atoms with van der Waals surface area (Å²) < 4.78 is 6.99. The van der Waals surface area contributed by atoms with E-state index in [2.05, 4.69) is 15.0 Å². The monoisotopic (exact) mass is 220 g/mol. The number of ether oxygens (including phenoxy) is 1. The number of nitrogens with zero attached hydrogens (tertiary/aromatic N) is 4. The Kier molecular flexibility index (Phi) is 3.05. The Hall–Kier alpha value is -1.62. The molecule has 5 nitrogen and oxygen atoms in total. The lowest BCUT2D eigenvalue weighted by molar-refractivity contribution is 0.409. The number of rotatable bonds is 4. The molecule has 0 N–H and O–H groups in total. The first-order valence-electron chi connectivity index (χ1n) is 5.23. The molecular formula is C11H16N4O. The van der Waals surface area contributed by atoms with Crippen LogP contribution in [0.25, 0.3) is 5.65 Å². The molecule has 0 radical (unpaired) electrons. The Morgan fingerprint density at radius 1 is 1.44 bits per heavy atom. The van der Waals surface area contributed by atoms with Crippen LogP contribution in [0.1, 0.15) is 5.82 Å². The molecular weight excluding hydrogens is 204 g/mol. The van der Waals surface area contributed by atoms with Gasteiger partial charge in [-0.2, -0.15) is 5.10 Å². The van der Waals surface area contributed by atoms with Crippen molar-refractivity contribution in [1.29, 1.82) is 0 Å². The van der Waals surface area contributed by atoms with Crippen LogP contribution in [-0.4, -0.2) is 47.2 Å². The van der Waals surface area contributed by atoms with Gasteiger partial charge in [-0.05, 0) is 26.2 Å². The van der Waals surface area contributed by atoms with Gasteiger partial charge < -0.3 is 9.64 Å². The SMILES string of the molecule is COc1cccn2nc(CCN(C)C)nc12. The summed E-state index contributed by atoms with van der Waals surface area (Å²) in [6.07, 6.45) is 2.72. The normalized spacial score (nSPS) is 11.2. The number of aromatic nitrogens is 3. The van der Waals surface area contributed by atoms with Gasteiger partial charge in [0.25, 0.3) is 0 Å². The second kappa shape index (κ2) is 4.49. The highest BCUT2D eigenvalue weighted by molar-refractivity contribution is 5.52. The summed E-state index contributed by atoms with van der Waals surface area (Å²) in [7, 11) is 5.72. The fourth-order valence-electron chi connectivity index (χ4n) is 1.51. The van der Waals surface area contributed by atoms with E-state index >= 15 is 0 Å². The Bertz CT molecular complexity index is 478. The van der Waals surface area contributed by atoms with E-state index in [0.717, 1.165) is 30.2 Å². The molecule has 2 aromatic rings. The van der Waals surface area contributed by atoms with Gasteiger partial charge in [-0.1, -0.05) is 0 Å². The van der Waals surface area contributed by atoms with Gasteiger partial charge in [0.15, 0.2) is 17.2 Å². The van der Waals surface area contributed by atoms with Crippen LogP contribution in [0, 0.1) is 0 Å². The molecule has 86 valence electrons. The van der Waals surface area contributed by atoms with Crippen LogP contribution in [0.15, 0.2) is 18.3 Å². The lowest BCUT2D eigenvalue weighted by Crippen LogP contribution is -2.15. The molecule has 2 rings (SSSR count). The maximum Gasteiger partial charge on any atom is 0.198 e. The molecule has 2 heterocycles. The van der Waals surface area contributed by atoms with Crippen LogP contribution < -0.4 is 4.74 Å². The first-order chi connectivity index (χ1) is 7.70. The molecule has 0 atom stereocenters. The fraction of sp³-hybridized carbons (Fsp3) is 0.455. The van der Waals surface area contributed by atoms with E-state index in [4.69, 9.17) is 4.74 Å². The van der Waals surface area contributed by atoms with Gasteiger partial charge in [-0.25, -0.2) is 9.50 Å². The highest BCUT2D eigenvalue weighted by Gasteiger charge is 2.07. The van der Waals surface area contributed by atoms with E-state index < -0.39 is 0 Å². The van der Waals surface area contributed by atoms with Crippen molar-refractivity contribution in [2.75, 3.05) is 27.7 Å². The first-order valence-corrected chi connectivity index (χ1v) is 5.23. The molecule has 2 aromatic heterocycles. The van der Waals surface area contributed by atoms with Crippen LogP contribution in [-0.2, 0) is 6.42 Å². The van der Waals surface area contributed by atoms with Gasteiger partial charge in [0.2, 0.25) is 0 Å². The minimum Gasteiger partial charge on any atom is -0.493 e. The second-order valence-electron chi connectivity index (χ2n) is 3.93. The van der Waals surface area contributed by atoms with Gasteiger partial charge in [-0.15, -0.1) is 0 Å². The summed E-state index contributed by atoms with van der Waals surface area (Å²) in [5.74, 6) is 1.60. The number of likely N-dealkylation sites (N-methyl/N-ethyl adjacent to an activating group) is 1. The van der Waals surface area contributed by atoms with Crippen LogP contribution in [0.3, 0.4) is 0 Å². The molecule has 0 fully saturated rings. The quantitative estimate of drug-likeness (QED) is 0.766. The third-order valence-corrected chi connectivity index (χ3v) is 2.37. The fourth-order valence-corrected chi connectivity index (χ4v) is 1.51. The first kappa shape index (κ1) is 10.9. The van der Waals surface area contributed by atoms with Crippen LogP contribution >= 0.6 is 0 Å². The van der Waals surface area contributed by atoms with Crippen molar-refractivity contribution in [3.63, 3.8) is 0 Å². The van der Waals surface area contributed by atoms with Crippen LogP contribution in [0.5, 0.6) is 5.75 Å². The van der Waals surface area contributed by atoms with Gasteiger partial charge in [-0.3, -0.25) is 0 Å². The summed E-state index contributed by atoms with van der Waals surface area (Å²) in [4.78, 5) is 6.57. The van der Waals surface area contributed by atoms with E-state index in [1.54, 1.807) is 11.6 Å². The lowest BCUT2D eigenvalue weighted by Gasteiger charge is -2.05. The Balaban J connectivity index is 2.29. The average molecular weight is 220 g/mol. The zero-order valence-electron chi connectivity index (χ0n) is 9.84. The molecule has 0 aliphatic carbocycles. The molecule has 0 aliphatic rings. The predicted molar refractivity (Wildman–Crippen MR) is 61.8 cm³/mol.